The molecule has 3 rings (SSSR count). The molecule has 1 saturated heterocycles. The number of hydrogen-bond acceptors (Lipinski definition) is 2. The second-order valence-electron chi connectivity index (χ2n) is 5.75. The molecule has 3 atom stereocenters. The number of halogens is 1. The molecular formula is C17H20ClN2OS+. The summed E-state index contributed by atoms with van der Waals surface area (Å²) in [5, 5.41) is 5.79. The molecule has 116 valence electrons. The van der Waals surface area contributed by atoms with Crippen molar-refractivity contribution in [2.45, 2.75) is 31.8 Å². The van der Waals surface area contributed by atoms with Gasteiger partial charge in [-0.15, -0.1) is 11.3 Å². The highest BCUT2D eigenvalue weighted by Gasteiger charge is 2.37. The summed E-state index contributed by atoms with van der Waals surface area (Å²) in [7, 11) is 0. The van der Waals surface area contributed by atoms with Crippen LogP contribution in [0.5, 0.6) is 0 Å². The third-order valence-corrected chi connectivity index (χ3v) is 5.59. The molecule has 0 saturated carbocycles. The minimum atomic E-state index is -0.0646. The minimum Gasteiger partial charge on any atom is -0.321 e. The fourth-order valence-corrected chi connectivity index (χ4v) is 4.19. The number of nitrogens with one attached hydrogen (secondary N) is 2. The molecule has 2 heterocycles. The van der Waals surface area contributed by atoms with Crippen molar-refractivity contribution < 1.29 is 9.69 Å². The summed E-state index contributed by atoms with van der Waals surface area (Å²) < 4.78 is 0. The van der Waals surface area contributed by atoms with Crippen molar-refractivity contribution in [3.63, 3.8) is 0 Å². The summed E-state index contributed by atoms with van der Waals surface area (Å²) in [5.41, 5.74) is 0.799. The predicted octanol–water partition coefficient (Wildman–Crippen LogP) is 3.15. The van der Waals surface area contributed by atoms with Gasteiger partial charge in [-0.25, -0.2) is 0 Å². The second kappa shape index (κ2) is 6.82. The first-order chi connectivity index (χ1) is 10.6. The number of rotatable bonds is 4. The Kier molecular flexibility index (Phi) is 4.81. The topological polar surface area (TPSA) is 33.5 Å². The highest BCUT2D eigenvalue weighted by molar-refractivity contribution is 7.10. The van der Waals surface area contributed by atoms with Crippen LogP contribution < -0.4 is 10.2 Å². The van der Waals surface area contributed by atoms with E-state index in [4.69, 9.17) is 11.6 Å². The lowest BCUT2D eigenvalue weighted by Gasteiger charge is -2.26. The maximum atomic E-state index is 12.5. The molecule has 0 aliphatic carbocycles. The highest BCUT2D eigenvalue weighted by Crippen LogP contribution is 2.24. The summed E-state index contributed by atoms with van der Waals surface area (Å²) in [5.74, 6) is 0.0702. The van der Waals surface area contributed by atoms with Gasteiger partial charge >= 0.3 is 0 Å². The van der Waals surface area contributed by atoms with Crippen molar-refractivity contribution in [1.82, 2.24) is 0 Å². The largest absolute Gasteiger partial charge is 0.321 e. The number of hydrogen-bond donors (Lipinski definition) is 2. The van der Waals surface area contributed by atoms with Crippen LogP contribution in [0, 0.1) is 0 Å². The quantitative estimate of drug-likeness (QED) is 0.884. The number of thiophene rings is 1. The molecule has 1 unspecified atom stereocenters. The monoisotopic (exact) mass is 335 g/mol. The van der Waals surface area contributed by atoms with E-state index in [1.54, 1.807) is 23.5 Å². The molecule has 2 aromatic rings. The summed E-state index contributed by atoms with van der Waals surface area (Å²) >= 11 is 7.67. The minimum absolute atomic E-state index is 0.0646. The van der Waals surface area contributed by atoms with E-state index in [0.29, 0.717) is 11.1 Å². The van der Waals surface area contributed by atoms with Crippen LogP contribution in [0.25, 0.3) is 0 Å². The van der Waals surface area contributed by atoms with Gasteiger partial charge in [-0.3, -0.25) is 4.79 Å². The van der Waals surface area contributed by atoms with E-state index < -0.39 is 0 Å². The Hall–Kier alpha value is -1.36. The first kappa shape index (κ1) is 15.5. The van der Waals surface area contributed by atoms with Crippen LogP contribution in [0.4, 0.5) is 5.69 Å². The van der Waals surface area contributed by atoms with Gasteiger partial charge in [-0.1, -0.05) is 17.7 Å². The average molecular weight is 336 g/mol. The lowest BCUT2D eigenvalue weighted by molar-refractivity contribution is -0.931. The Morgan fingerprint density at radius 2 is 2.14 bits per heavy atom. The van der Waals surface area contributed by atoms with E-state index >= 15 is 0 Å². The Morgan fingerprint density at radius 1 is 1.36 bits per heavy atom. The smallest absolute Gasteiger partial charge is 0.282 e. The van der Waals surface area contributed by atoms with E-state index in [0.717, 1.165) is 18.7 Å². The van der Waals surface area contributed by atoms with Gasteiger partial charge in [0.15, 0.2) is 6.04 Å². The molecule has 0 spiro atoms. The van der Waals surface area contributed by atoms with Gasteiger partial charge in [0.1, 0.15) is 6.04 Å². The van der Waals surface area contributed by atoms with E-state index in [2.05, 4.69) is 22.8 Å². The summed E-state index contributed by atoms with van der Waals surface area (Å²) in [6.45, 7) is 3.07. The maximum absolute atomic E-state index is 12.5. The van der Waals surface area contributed by atoms with Crippen LogP contribution in [0.15, 0.2) is 41.8 Å². The molecule has 1 fully saturated rings. The first-order valence-corrected chi connectivity index (χ1v) is 8.86. The molecule has 1 aromatic carbocycles. The summed E-state index contributed by atoms with van der Waals surface area (Å²) in [6, 6.07) is 11.9. The summed E-state index contributed by atoms with van der Waals surface area (Å²) in [6.07, 6.45) is 2.34. The van der Waals surface area contributed by atoms with Crippen LogP contribution in [-0.4, -0.2) is 18.5 Å². The SMILES string of the molecule is C[C@@H](C(=O)Nc1ccc(Cl)cc1)[NH+]1CCC[C@@H]1c1cccs1. The number of anilines is 1. The number of likely N-dealkylation sites (tertiary alicyclic amines) is 1. The Labute approximate surface area is 139 Å². The second-order valence-corrected chi connectivity index (χ2v) is 7.17. The van der Waals surface area contributed by atoms with Gasteiger partial charge in [0.25, 0.3) is 5.91 Å². The number of quaternary nitrogens is 1. The van der Waals surface area contributed by atoms with Crippen LogP contribution >= 0.6 is 22.9 Å². The average Bonchev–Trinajstić information content (AvgIpc) is 3.19. The Morgan fingerprint density at radius 3 is 2.82 bits per heavy atom. The van der Waals surface area contributed by atoms with Crippen molar-refractivity contribution in [1.29, 1.82) is 0 Å². The predicted molar refractivity (Wildman–Crippen MR) is 91.7 cm³/mol. The maximum Gasteiger partial charge on any atom is 0.282 e. The van der Waals surface area contributed by atoms with E-state index in [-0.39, 0.29) is 11.9 Å². The van der Waals surface area contributed by atoms with E-state index in [9.17, 15) is 4.79 Å². The molecule has 3 nitrogen and oxygen atoms in total. The van der Waals surface area contributed by atoms with Gasteiger partial charge in [0.2, 0.25) is 0 Å². The van der Waals surface area contributed by atoms with Crippen molar-refractivity contribution in [3.8, 4) is 0 Å². The van der Waals surface area contributed by atoms with E-state index in [1.807, 2.05) is 19.1 Å². The molecule has 2 N–H and O–H groups in total. The molecule has 1 aromatic heterocycles. The van der Waals surface area contributed by atoms with Gasteiger partial charge in [-0.05, 0) is 42.6 Å². The number of benzene rings is 1. The third-order valence-electron chi connectivity index (χ3n) is 4.35. The zero-order valence-electron chi connectivity index (χ0n) is 12.5. The van der Waals surface area contributed by atoms with Crippen LogP contribution in [0.3, 0.4) is 0 Å². The van der Waals surface area contributed by atoms with Crippen molar-refractivity contribution in [3.05, 3.63) is 51.7 Å². The lowest BCUT2D eigenvalue weighted by Crippen LogP contribution is -3.15. The number of carbonyl (C=O) groups is 1. The van der Waals surface area contributed by atoms with Crippen LogP contribution in [0.1, 0.15) is 30.7 Å². The molecule has 22 heavy (non-hydrogen) atoms. The molecule has 1 amide bonds. The number of amides is 1. The van der Waals surface area contributed by atoms with Gasteiger partial charge in [-0.2, -0.15) is 0 Å². The fourth-order valence-electron chi connectivity index (χ4n) is 3.15. The first-order valence-electron chi connectivity index (χ1n) is 7.60. The van der Waals surface area contributed by atoms with Crippen molar-refractivity contribution in [2.75, 3.05) is 11.9 Å². The Balaban J connectivity index is 1.68. The molecule has 1 aliphatic heterocycles. The summed E-state index contributed by atoms with van der Waals surface area (Å²) in [4.78, 5) is 15.3. The standard InChI is InChI=1S/C17H19ClN2OS/c1-12(17(21)19-14-8-6-13(18)7-9-14)20-10-2-4-15(20)16-5-3-11-22-16/h3,5-9,11-12,15H,2,4,10H2,1H3,(H,19,21)/p+1/t12-,15+/m0/s1. The normalized spacial score (nSPS) is 22.5. The zero-order chi connectivity index (χ0) is 15.5. The zero-order valence-corrected chi connectivity index (χ0v) is 14.1. The molecule has 0 bridgehead atoms. The molecule has 1 aliphatic rings. The van der Waals surface area contributed by atoms with Crippen molar-refractivity contribution >= 4 is 34.5 Å². The lowest BCUT2D eigenvalue weighted by atomic mass is 10.1. The van der Waals surface area contributed by atoms with Crippen LogP contribution in [0.2, 0.25) is 5.02 Å². The van der Waals surface area contributed by atoms with E-state index in [1.165, 1.54) is 16.2 Å². The van der Waals surface area contributed by atoms with Crippen LogP contribution in [-0.2, 0) is 4.79 Å². The molecule has 5 heteroatoms. The van der Waals surface area contributed by atoms with Gasteiger partial charge < -0.3 is 10.2 Å². The highest BCUT2D eigenvalue weighted by atomic mass is 35.5. The molecular weight excluding hydrogens is 316 g/mol. The Bertz CT molecular complexity index is 627. The number of carbonyl (C=O) groups excluding carboxylic acids is 1. The van der Waals surface area contributed by atoms with Gasteiger partial charge in [0, 0.05) is 23.6 Å². The third kappa shape index (κ3) is 3.35. The van der Waals surface area contributed by atoms with Gasteiger partial charge in [0.05, 0.1) is 11.4 Å². The fraction of sp³-hybridized carbons (Fsp3) is 0.353. The van der Waals surface area contributed by atoms with Crippen molar-refractivity contribution in [2.24, 2.45) is 0 Å². The molecule has 0 radical (unpaired) electrons.